The maximum atomic E-state index is 14.4. The second-order valence-corrected chi connectivity index (χ2v) is 10.7. The number of halogens is 2. The summed E-state index contributed by atoms with van der Waals surface area (Å²) in [5.41, 5.74) is 0.352. The molecule has 1 N–H and O–H groups in total. The van der Waals surface area contributed by atoms with Crippen molar-refractivity contribution in [3.8, 4) is 0 Å². The molecule has 1 aliphatic carbocycles. The molecule has 2 aromatic carbocycles. The number of thioether (sulfide) groups is 1. The number of hydrogen-bond donors (Lipinski definition) is 1. The molecule has 1 fully saturated rings. The van der Waals surface area contributed by atoms with Gasteiger partial charge in [-0.1, -0.05) is 25.0 Å². The predicted octanol–water partition coefficient (Wildman–Crippen LogP) is 4.65. The van der Waals surface area contributed by atoms with E-state index in [-0.39, 0.29) is 16.3 Å². The number of nitrogens with one attached hydrogen (secondary N) is 1. The number of amides is 1. The van der Waals surface area contributed by atoms with Crippen molar-refractivity contribution >= 4 is 27.5 Å². The fourth-order valence-corrected chi connectivity index (χ4v) is 7.04. The molecule has 4 nitrogen and oxygen atoms in total. The minimum absolute atomic E-state index is 0.0263. The van der Waals surface area contributed by atoms with Crippen molar-refractivity contribution in [2.75, 3.05) is 5.75 Å². The molecule has 0 aromatic heterocycles. The first kappa shape index (κ1) is 20.3. The van der Waals surface area contributed by atoms with E-state index in [0.29, 0.717) is 35.5 Å². The van der Waals surface area contributed by atoms with Gasteiger partial charge in [-0.3, -0.25) is 4.79 Å². The average molecular weight is 438 g/mol. The van der Waals surface area contributed by atoms with Gasteiger partial charge in [-0.25, -0.2) is 17.2 Å². The third-order valence-electron chi connectivity index (χ3n) is 5.58. The van der Waals surface area contributed by atoms with Crippen LogP contribution in [0, 0.1) is 11.6 Å². The second-order valence-electron chi connectivity index (χ2n) is 7.41. The SMILES string of the molecule is O=C(N[C@@H]1CCSc2c(F)cccc21)c1cc(S(=O)(=O)C2CCCC2)ccc1F. The zero-order chi connectivity index (χ0) is 20.6. The molecule has 0 spiro atoms. The van der Waals surface area contributed by atoms with Crippen molar-refractivity contribution in [2.45, 2.75) is 53.2 Å². The summed E-state index contributed by atoms with van der Waals surface area (Å²) in [4.78, 5) is 13.2. The number of hydrogen-bond acceptors (Lipinski definition) is 4. The van der Waals surface area contributed by atoms with Crippen LogP contribution in [-0.4, -0.2) is 25.3 Å². The number of carbonyl (C=O) groups is 1. The average Bonchev–Trinajstić information content (AvgIpc) is 3.25. The third kappa shape index (κ3) is 3.92. The second kappa shape index (κ2) is 8.07. The van der Waals surface area contributed by atoms with E-state index in [0.717, 1.165) is 25.0 Å². The highest BCUT2D eigenvalue weighted by Crippen LogP contribution is 2.38. The number of rotatable bonds is 4. The number of sulfone groups is 1. The van der Waals surface area contributed by atoms with Gasteiger partial charge >= 0.3 is 0 Å². The van der Waals surface area contributed by atoms with E-state index in [1.54, 1.807) is 12.1 Å². The van der Waals surface area contributed by atoms with Gasteiger partial charge in [0.05, 0.1) is 21.8 Å². The van der Waals surface area contributed by atoms with Crippen LogP contribution in [0.1, 0.15) is 54.1 Å². The smallest absolute Gasteiger partial charge is 0.254 e. The zero-order valence-corrected chi connectivity index (χ0v) is 17.3. The Labute approximate surface area is 173 Å². The maximum Gasteiger partial charge on any atom is 0.254 e. The predicted molar refractivity (Wildman–Crippen MR) is 108 cm³/mol. The molecule has 1 heterocycles. The van der Waals surface area contributed by atoms with Crippen LogP contribution in [0.5, 0.6) is 0 Å². The number of benzene rings is 2. The van der Waals surface area contributed by atoms with Gasteiger partial charge in [0.15, 0.2) is 9.84 Å². The van der Waals surface area contributed by atoms with Crippen LogP contribution in [0.4, 0.5) is 8.78 Å². The fraction of sp³-hybridized carbons (Fsp3) is 0.381. The summed E-state index contributed by atoms with van der Waals surface area (Å²) in [6, 6.07) is 7.61. The highest BCUT2D eigenvalue weighted by atomic mass is 32.2. The molecule has 154 valence electrons. The largest absolute Gasteiger partial charge is 0.345 e. The first-order valence-electron chi connectivity index (χ1n) is 9.63. The molecule has 1 aliphatic heterocycles. The normalized spacial score (nSPS) is 19.7. The van der Waals surface area contributed by atoms with Gasteiger partial charge in [-0.15, -0.1) is 11.8 Å². The van der Waals surface area contributed by atoms with Crippen molar-refractivity contribution in [3.63, 3.8) is 0 Å². The standard InChI is InChI=1S/C21H21F2NO3S2/c22-17-9-8-14(29(26,27)13-4-1-2-5-13)12-16(17)21(25)24-19-10-11-28-20-15(19)6-3-7-18(20)23/h3,6-9,12-13,19H,1-2,4-5,10-11H2,(H,24,25)/t19-/m1/s1. The Morgan fingerprint density at radius 1 is 1.03 bits per heavy atom. The van der Waals surface area contributed by atoms with Gasteiger partial charge in [-0.05, 0) is 49.1 Å². The third-order valence-corrected chi connectivity index (χ3v) is 9.00. The van der Waals surface area contributed by atoms with Crippen LogP contribution in [0.2, 0.25) is 0 Å². The van der Waals surface area contributed by atoms with E-state index < -0.39 is 32.9 Å². The molecule has 2 aliphatic rings. The molecule has 8 heteroatoms. The van der Waals surface area contributed by atoms with Crippen LogP contribution >= 0.6 is 11.8 Å². The van der Waals surface area contributed by atoms with Crippen molar-refractivity contribution in [1.82, 2.24) is 5.32 Å². The van der Waals surface area contributed by atoms with Crippen LogP contribution in [-0.2, 0) is 9.84 Å². The van der Waals surface area contributed by atoms with Crippen molar-refractivity contribution < 1.29 is 22.0 Å². The summed E-state index contributed by atoms with van der Waals surface area (Å²) in [7, 11) is -3.60. The molecule has 0 radical (unpaired) electrons. The summed E-state index contributed by atoms with van der Waals surface area (Å²) < 4.78 is 54.0. The minimum atomic E-state index is -3.60. The van der Waals surface area contributed by atoms with Crippen molar-refractivity contribution in [1.29, 1.82) is 0 Å². The van der Waals surface area contributed by atoms with Crippen molar-refractivity contribution in [2.24, 2.45) is 0 Å². The summed E-state index contributed by atoms with van der Waals surface area (Å²) in [5, 5.41) is 2.28. The first-order valence-corrected chi connectivity index (χ1v) is 12.2. The molecular formula is C21H21F2NO3S2. The molecule has 0 saturated heterocycles. The van der Waals surface area contributed by atoms with Gasteiger partial charge in [0.2, 0.25) is 0 Å². The van der Waals surface area contributed by atoms with Crippen LogP contribution < -0.4 is 5.32 Å². The molecule has 1 amide bonds. The Hall–Kier alpha value is -1.93. The molecule has 1 atom stereocenters. The lowest BCUT2D eigenvalue weighted by molar-refractivity contribution is 0.0930. The lowest BCUT2D eigenvalue weighted by atomic mass is 10.0. The summed E-state index contributed by atoms with van der Waals surface area (Å²) in [5.74, 6) is -1.20. The zero-order valence-electron chi connectivity index (χ0n) is 15.7. The van der Waals surface area contributed by atoms with Gasteiger partial charge in [0.1, 0.15) is 11.6 Å². The minimum Gasteiger partial charge on any atom is -0.345 e. The van der Waals surface area contributed by atoms with Crippen molar-refractivity contribution in [3.05, 3.63) is 59.2 Å². The fourth-order valence-electron chi connectivity index (χ4n) is 4.02. The van der Waals surface area contributed by atoms with E-state index in [2.05, 4.69) is 5.32 Å². The maximum absolute atomic E-state index is 14.4. The van der Waals surface area contributed by atoms with Gasteiger partial charge < -0.3 is 5.32 Å². The molecule has 4 rings (SSSR count). The molecule has 2 aromatic rings. The molecule has 29 heavy (non-hydrogen) atoms. The highest BCUT2D eigenvalue weighted by Gasteiger charge is 2.32. The van der Waals surface area contributed by atoms with E-state index in [1.807, 2.05) is 0 Å². The highest BCUT2D eigenvalue weighted by molar-refractivity contribution is 7.99. The van der Waals surface area contributed by atoms with Crippen LogP contribution in [0.3, 0.4) is 0 Å². The number of carbonyl (C=O) groups excluding carboxylic acids is 1. The quantitative estimate of drug-likeness (QED) is 0.708. The summed E-state index contributed by atoms with van der Waals surface area (Å²) in [6.07, 6.45) is 3.46. The van der Waals surface area contributed by atoms with Gasteiger partial charge in [-0.2, -0.15) is 0 Å². The first-order chi connectivity index (χ1) is 13.9. The van der Waals surface area contributed by atoms with E-state index in [1.165, 1.54) is 23.9 Å². The van der Waals surface area contributed by atoms with Gasteiger partial charge in [0, 0.05) is 10.6 Å². The van der Waals surface area contributed by atoms with E-state index in [9.17, 15) is 22.0 Å². The van der Waals surface area contributed by atoms with E-state index in [4.69, 9.17) is 0 Å². The van der Waals surface area contributed by atoms with Gasteiger partial charge in [0.25, 0.3) is 5.91 Å². The Morgan fingerprint density at radius 2 is 1.79 bits per heavy atom. The monoisotopic (exact) mass is 437 g/mol. The lowest BCUT2D eigenvalue weighted by Crippen LogP contribution is -2.31. The van der Waals surface area contributed by atoms with E-state index >= 15 is 0 Å². The number of fused-ring (bicyclic) bond motifs is 1. The molecule has 0 unspecified atom stereocenters. The molecular weight excluding hydrogens is 416 g/mol. The summed E-state index contributed by atoms with van der Waals surface area (Å²) in [6.45, 7) is 0. The Morgan fingerprint density at radius 3 is 2.55 bits per heavy atom. The molecule has 1 saturated carbocycles. The molecule has 0 bridgehead atoms. The van der Waals surface area contributed by atoms with Crippen LogP contribution in [0.15, 0.2) is 46.2 Å². The Bertz CT molecular complexity index is 1050. The summed E-state index contributed by atoms with van der Waals surface area (Å²) >= 11 is 1.39. The Kier molecular flexibility index (Phi) is 5.66. The topological polar surface area (TPSA) is 63.2 Å². The lowest BCUT2D eigenvalue weighted by Gasteiger charge is -2.26. The van der Waals surface area contributed by atoms with Crippen LogP contribution in [0.25, 0.3) is 0 Å². The Balaban J connectivity index is 1.61.